The Morgan fingerprint density at radius 2 is 1.08 bits per heavy atom. The van der Waals surface area contributed by atoms with Crippen LogP contribution in [0.15, 0.2) is 127 Å². The molecule has 0 radical (unpaired) electrons. The second kappa shape index (κ2) is 18.0. The number of carbonyl (C=O) groups is 1. The van der Waals surface area contributed by atoms with Crippen molar-refractivity contribution < 1.29 is 19.4 Å². The standard InChI is InChI=1S/C45H45N3O4/c1-3-4-5-6-7-14-29-51-31-42(50)32(2)52-39-27-28-40(41(49)30-39)45-47-43(37-23-19-35(20-24-37)33-15-10-8-11-16-33)46-44(48-45)38-25-21-36(22-26-38)34-17-12-9-13-18-34/h8-13,15-28,30,32,49H,3-7,14,29,31H2,1-2H3. The highest BCUT2D eigenvalue weighted by atomic mass is 16.5. The van der Waals surface area contributed by atoms with Crippen molar-refractivity contribution in [2.24, 2.45) is 0 Å². The van der Waals surface area contributed by atoms with Gasteiger partial charge < -0.3 is 14.6 Å². The van der Waals surface area contributed by atoms with Gasteiger partial charge in [-0.3, -0.25) is 4.79 Å². The summed E-state index contributed by atoms with van der Waals surface area (Å²) in [7, 11) is 0. The number of ether oxygens (including phenoxy) is 2. The van der Waals surface area contributed by atoms with Gasteiger partial charge >= 0.3 is 0 Å². The minimum Gasteiger partial charge on any atom is -0.507 e. The SMILES string of the molecule is CCCCCCCCOCC(=O)C(C)Oc1ccc(-c2nc(-c3ccc(-c4ccccc4)cc3)nc(-c3ccc(-c4ccccc4)cc3)n2)c(O)c1. The van der Waals surface area contributed by atoms with Crippen LogP contribution in [0.5, 0.6) is 11.5 Å². The number of phenols is 1. The Balaban J connectivity index is 1.22. The van der Waals surface area contributed by atoms with Gasteiger partial charge in [0.15, 0.2) is 29.4 Å². The van der Waals surface area contributed by atoms with Crippen LogP contribution in [-0.2, 0) is 9.53 Å². The van der Waals surface area contributed by atoms with E-state index in [1.54, 1.807) is 19.1 Å². The van der Waals surface area contributed by atoms with E-state index in [0.717, 1.165) is 46.2 Å². The second-order valence-electron chi connectivity index (χ2n) is 12.9. The molecule has 1 unspecified atom stereocenters. The molecular weight excluding hydrogens is 647 g/mol. The molecule has 0 saturated carbocycles. The summed E-state index contributed by atoms with van der Waals surface area (Å²) in [6.45, 7) is 4.45. The van der Waals surface area contributed by atoms with E-state index in [9.17, 15) is 9.90 Å². The molecule has 0 saturated heterocycles. The number of nitrogens with zero attached hydrogens (tertiary/aromatic N) is 3. The van der Waals surface area contributed by atoms with Crippen LogP contribution in [0.3, 0.4) is 0 Å². The molecule has 6 aromatic rings. The molecule has 0 aliphatic rings. The monoisotopic (exact) mass is 691 g/mol. The van der Waals surface area contributed by atoms with Crippen molar-refractivity contribution in [1.29, 1.82) is 0 Å². The van der Waals surface area contributed by atoms with Gasteiger partial charge in [-0.2, -0.15) is 0 Å². The number of ketones is 1. The molecule has 6 rings (SSSR count). The summed E-state index contributed by atoms with van der Waals surface area (Å²) in [4.78, 5) is 27.2. The maximum atomic E-state index is 12.7. The van der Waals surface area contributed by atoms with Gasteiger partial charge in [0.2, 0.25) is 0 Å². The summed E-state index contributed by atoms with van der Waals surface area (Å²) in [6.07, 6.45) is 6.24. The van der Waals surface area contributed by atoms with Crippen molar-refractivity contribution in [2.75, 3.05) is 13.2 Å². The first-order chi connectivity index (χ1) is 25.5. The molecule has 5 aromatic carbocycles. The van der Waals surface area contributed by atoms with E-state index in [1.807, 2.05) is 84.9 Å². The summed E-state index contributed by atoms with van der Waals surface area (Å²) >= 11 is 0. The Hall–Kier alpha value is -5.66. The minimum atomic E-state index is -0.733. The molecule has 0 fully saturated rings. The number of Topliss-reactive ketones (excluding diaryl/α,β-unsaturated/α-hetero) is 1. The fourth-order valence-electron chi connectivity index (χ4n) is 5.96. The van der Waals surface area contributed by atoms with Crippen molar-refractivity contribution in [1.82, 2.24) is 15.0 Å². The van der Waals surface area contributed by atoms with Gasteiger partial charge in [-0.05, 0) is 47.7 Å². The molecule has 1 heterocycles. The van der Waals surface area contributed by atoms with Crippen LogP contribution in [0.2, 0.25) is 0 Å². The molecule has 264 valence electrons. The Kier molecular flexibility index (Phi) is 12.5. The number of aromatic nitrogens is 3. The molecule has 1 atom stereocenters. The first-order valence-corrected chi connectivity index (χ1v) is 18.2. The second-order valence-corrected chi connectivity index (χ2v) is 12.9. The summed E-state index contributed by atoms with van der Waals surface area (Å²) in [5.74, 6) is 1.41. The predicted octanol–water partition coefficient (Wildman–Crippen LogP) is 10.6. The van der Waals surface area contributed by atoms with E-state index in [-0.39, 0.29) is 18.1 Å². The first-order valence-electron chi connectivity index (χ1n) is 18.2. The summed E-state index contributed by atoms with van der Waals surface area (Å²) in [5.41, 5.74) is 6.45. The highest BCUT2D eigenvalue weighted by Gasteiger charge is 2.19. The Morgan fingerprint density at radius 3 is 1.62 bits per heavy atom. The maximum Gasteiger partial charge on any atom is 0.198 e. The first kappa shape index (κ1) is 36.1. The molecule has 7 nitrogen and oxygen atoms in total. The third-order valence-electron chi connectivity index (χ3n) is 9.00. The molecule has 0 bridgehead atoms. The summed E-state index contributed by atoms with van der Waals surface area (Å²) in [6, 6.07) is 41.5. The Labute approximate surface area is 306 Å². The van der Waals surface area contributed by atoms with Crippen LogP contribution in [-0.4, -0.2) is 45.2 Å². The van der Waals surface area contributed by atoms with E-state index in [2.05, 4.69) is 31.2 Å². The van der Waals surface area contributed by atoms with Crippen LogP contribution in [0.4, 0.5) is 0 Å². The number of carbonyl (C=O) groups excluding carboxylic acids is 1. The van der Waals surface area contributed by atoms with Gasteiger partial charge in [0.25, 0.3) is 0 Å². The van der Waals surface area contributed by atoms with Gasteiger partial charge in [-0.1, -0.05) is 148 Å². The van der Waals surface area contributed by atoms with Gasteiger partial charge in [0.05, 0.1) is 5.56 Å². The average Bonchev–Trinajstić information content (AvgIpc) is 3.19. The molecule has 0 amide bonds. The normalized spacial score (nSPS) is 11.7. The molecular formula is C45H45N3O4. The number of hydrogen-bond donors (Lipinski definition) is 1. The van der Waals surface area contributed by atoms with Crippen molar-refractivity contribution in [3.63, 3.8) is 0 Å². The van der Waals surface area contributed by atoms with Crippen molar-refractivity contribution in [3.8, 4) is 67.9 Å². The molecule has 7 heteroatoms. The number of unbranched alkanes of at least 4 members (excludes halogenated alkanes) is 5. The molecule has 0 spiro atoms. The maximum absolute atomic E-state index is 12.7. The van der Waals surface area contributed by atoms with Crippen molar-refractivity contribution in [3.05, 3.63) is 127 Å². The quantitative estimate of drug-likeness (QED) is 0.0951. The lowest BCUT2D eigenvalue weighted by Crippen LogP contribution is -2.27. The third kappa shape index (κ3) is 9.56. The Morgan fingerprint density at radius 1 is 0.596 bits per heavy atom. The highest BCUT2D eigenvalue weighted by Crippen LogP contribution is 2.34. The van der Waals surface area contributed by atoms with E-state index in [0.29, 0.717) is 35.4 Å². The zero-order valence-corrected chi connectivity index (χ0v) is 29.9. The van der Waals surface area contributed by atoms with Crippen LogP contribution >= 0.6 is 0 Å². The lowest BCUT2D eigenvalue weighted by molar-refractivity contribution is -0.129. The zero-order chi connectivity index (χ0) is 36.1. The number of benzene rings is 5. The highest BCUT2D eigenvalue weighted by molar-refractivity contribution is 5.84. The van der Waals surface area contributed by atoms with Crippen LogP contribution in [0.25, 0.3) is 56.4 Å². The Bertz CT molecular complexity index is 1930. The largest absolute Gasteiger partial charge is 0.507 e. The number of hydrogen-bond acceptors (Lipinski definition) is 7. The molecule has 0 aliphatic carbocycles. The lowest BCUT2D eigenvalue weighted by atomic mass is 10.0. The van der Waals surface area contributed by atoms with Crippen LogP contribution in [0.1, 0.15) is 52.4 Å². The molecule has 1 aromatic heterocycles. The van der Waals surface area contributed by atoms with E-state index < -0.39 is 6.10 Å². The molecule has 0 aliphatic heterocycles. The van der Waals surface area contributed by atoms with E-state index >= 15 is 0 Å². The number of aromatic hydroxyl groups is 1. The third-order valence-corrected chi connectivity index (χ3v) is 9.00. The lowest BCUT2D eigenvalue weighted by Gasteiger charge is -2.15. The van der Waals surface area contributed by atoms with Crippen molar-refractivity contribution >= 4 is 5.78 Å². The van der Waals surface area contributed by atoms with Gasteiger partial charge in [0, 0.05) is 23.8 Å². The predicted molar refractivity (Wildman–Crippen MR) is 208 cm³/mol. The van der Waals surface area contributed by atoms with Crippen LogP contribution in [0, 0.1) is 0 Å². The van der Waals surface area contributed by atoms with Crippen LogP contribution < -0.4 is 4.74 Å². The average molecular weight is 692 g/mol. The fraction of sp³-hybridized carbons (Fsp3) is 0.244. The van der Waals surface area contributed by atoms with E-state index in [1.165, 1.54) is 31.7 Å². The van der Waals surface area contributed by atoms with Gasteiger partial charge in [-0.15, -0.1) is 0 Å². The summed E-state index contributed by atoms with van der Waals surface area (Å²) < 4.78 is 11.5. The molecule has 52 heavy (non-hydrogen) atoms. The number of phenolic OH excluding ortho intramolecular Hbond substituents is 1. The minimum absolute atomic E-state index is 0.00471. The molecule has 1 N–H and O–H groups in total. The van der Waals surface area contributed by atoms with Gasteiger partial charge in [-0.25, -0.2) is 15.0 Å². The smallest absolute Gasteiger partial charge is 0.198 e. The van der Waals surface area contributed by atoms with Crippen molar-refractivity contribution in [2.45, 2.75) is 58.5 Å². The topological polar surface area (TPSA) is 94.4 Å². The van der Waals surface area contributed by atoms with Gasteiger partial charge in [0.1, 0.15) is 18.1 Å². The zero-order valence-electron chi connectivity index (χ0n) is 29.9. The van der Waals surface area contributed by atoms with E-state index in [4.69, 9.17) is 24.4 Å². The number of rotatable bonds is 17. The fourth-order valence-corrected chi connectivity index (χ4v) is 5.96. The summed E-state index contributed by atoms with van der Waals surface area (Å²) in [5, 5.41) is 11.2.